The van der Waals surface area contributed by atoms with Gasteiger partial charge in [0, 0.05) is 12.8 Å². The van der Waals surface area contributed by atoms with Gasteiger partial charge in [-0.2, -0.15) is 0 Å². The third-order valence-corrected chi connectivity index (χ3v) is 6.41. The molecule has 0 heterocycles. The molecule has 2 aliphatic rings. The van der Waals surface area contributed by atoms with Crippen molar-refractivity contribution in [3.05, 3.63) is 0 Å². The molecule has 4 nitrogen and oxygen atoms in total. The molecular formula is C20H30O4. The lowest BCUT2D eigenvalue weighted by atomic mass is 9.65. The van der Waals surface area contributed by atoms with E-state index in [1.165, 1.54) is 13.8 Å². The number of Topliss-reactive ketones (excluding diaryl/α,β-unsaturated/α-hetero) is 4. The third kappa shape index (κ3) is 3.52. The molecule has 0 N–H and O–H groups in total. The number of carbonyl (C=O) groups is 4. The molecule has 4 heteroatoms. The summed E-state index contributed by atoms with van der Waals surface area (Å²) in [5.41, 5.74) is -1.73. The minimum absolute atomic E-state index is 0.0569. The van der Waals surface area contributed by atoms with Crippen LogP contribution in [-0.4, -0.2) is 23.1 Å². The molecule has 24 heavy (non-hydrogen) atoms. The molecular weight excluding hydrogens is 304 g/mol. The van der Waals surface area contributed by atoms with Crippen LogP contribution in [0.4, 0.5) is 0 Å². The molecule has 0 unspecified atom stereocenters. The Labute approximate surface area is 144 Å². The molecule has 134 valence electrons. The summed E-state index contributed by atoms with van der Waals surface area (Å²) in [5.74, 6) is -0.285. The van der Waals surface area contributed by atoms with Gasteiger partial charge in [-0.25, -0.2) is 0 Å². The molecule has 0 bridgehead atoms. The minimum atomic E-state index is -0.867. The maximum atomic E-state index is 12.8. The fraction of sp³-hybridized carbons (Fsp3) is 0.800. The van der Waals surface area contributed by atoms with Crippen molar-refractivity contribution in [1.82, 2.24) is 0 Å². The quantitative estimate of drug-likeness (QED) is 0.660. The Bertz CT molecular complexity index is 472. The van der Waals surface area contributed by atoms with Crippen LogP contribution < -0.4 is 0 Å². The summed E-state index contributed by atoms with van der Waals surface area (Å²) in [4.78, 5) is 49.8. The molecule has 0 radical (unpaired) electrons. The van der Waals surface area contributed by atoms with Crippen LogP contribution in [0.3, 0.4) is 0 Å². The van der Waals surface area contributed by atoms with Crippen molar-refractivity contribution in [3.63, 3.8) is 0 Å². The van der Waals surface area contributed by atoms with Gasteiger partial charge in [0.05, 0.1) is 10.8 Å². The van der Waals surface area contributed by atoms with Crippen molar-refractivity contribution in [2.24, 2.45) is 10.8 Å². The Morgan fingerprint density at radius 2 is 0.875 bits per heavy atom. The summed E-state index contributed by atoms with van der Waals surface area (Å²) >= 11 is 0. The molecule has 0 spiro atoms. The molecule has 2 aliphatic carbocycles. The summed E-state index contributed by atoms with van der Waals surface area (Å²) in [7, 11) is 0. The maximum absolute atomic E-state index is 12.8. The molecule has 0 aromatic rings. The number of hydrogen-bond acceptors (Lipinski definition) is 4. The molecule has 0 amide bonds. The summed E-state index contributed by atoms with van der Waals surface area (Å²) < 4.78 is 0. The zero-order valence-corrected chi connectivity index (χ0v) is 15.1. The lowest BCUT2D eigenvalue weighted by molar-refractivity contribution is -0.146. The van der Waals surface area contributed by atoms with Gasteiger partial charge in [-0.05, 0) is 39.5 Å². The van der Waals surface area contributed by atoms with Gasteiger partial charge in [-0.15, -0.1) is 0 Å². The van der Waals surface area contributed by atoms with Crippen molar-refractivity contribution in [2.75, 3.05) is 0 Å². The first kappa shape index (κ1) is 19.0. The van der Waals surface area contributed by atoms with Gasteiger partial charge in [0.15, 0.2) is 0 Å². The molecule has 2 rings (SSSR count). The number of rotatable bonds is 7. The third-order valence-electron chi connectivity index (χ3n) is 6.41. The largest absolute Gasteiger partial charge is 0.299 e. The average Bonchev–Trinajstić information content (AvgIpc) is 2.60. The molecule has 0 aromatic carbocycles. The van der Waals surface area contributed by atoms with Gasteiger partial charge in [0.1, 0.15) is 23.1 Å². The second-order valence-corrected chi connectivity index (χ2v) is 7.74. The summed E-state index contributed by atoms with van der Waals surface area (Å²) in [6.07, 6.45) is 8.41. The minimum Gasteiger partial charge on any atom is -0.299 e. The maximum Gasteiger partial charge on any atom is 0.146 e. The van der Waals surface area contributed by atoms with Crippen LogP contribution >= 0.6 is 0 Å². The fourth-order valence-electron chi connectivity index (χ4n) is 4.67. The SMILES string of the molecule is CC(=O)C1(C(=O)CCC(=O)C2(C(C)=O)CCCCC2)CCCCC1. The van der Waals surface area contributed by atoms with Gasteiger partial charge in [-0.1, -0.05) is 38.5 Å². The molecule has 0 aliphatic heterocycles. The van der Waals surface area contributed by atoms with Crippen molar-refractivity contribution >= 4 is 23.1 Å². The lowest BCUT2D eigenvalue weighted by Gasteiger charge is -2.35. The second-order valence-electron chi connectivity index (χ2n) is 7.74. The van der Waals surface area contributed by atoms with Gasteiger partial charge in [0.25, 0.3) is 0 Å². The summed E-state index contributed by atoms with van der Waals surface area (Å²) in [5, 5.41) is 0. The Balaban J connectivity index is 2.05. The topological polar surface area (TPSA) is 68.3 Å². The van der Waals surface area contributed by atoms with E-state index in [9.17, 15) is 19.2 Å². The van der Waals surface area contributed by atoms with E-state index in [-0.39, 0.29) is 36.0 Å². The second kappa shape index (κ2) is 7.71. The van der Waals surface area contributed by atoms with E-state index < -0.39 is 10.8 Å². The van der Waals surface area contributed by atoms with Crippen LogP contribution in [0.1, 0.15) is 90.9 Å². The highest BCUT2D eigenvalue weighted by atomic mass is 16.2. The predicted molar refractivity (Wildman–Crippen MR) is 91.6 cm³/mol. The van der Waals surface area contributed by atoms with E-state index in [1.807, 2.05) is 0 Å². The summed E-state index contributed by atoms with van der Waals surface area (Å²) in [6, 6.07) is 0. The van der Waals surface area contributed by atoms with Crippen molar-refractivity contribution in [2.45, 2.75) is 90.9 Å². The van der Waals surface area contributed by atoms with Crippen LogP contribution in [0.25, 0.3) is 0 Å². The summed E-state index contributed by atoms with van der Waals surface area (Å²) in [6.45, 7) is 3.01. The monoisotopic (exact) mass is 334 g/mol. The molecule has 2 saturated carbocycles. The fourth-order valence-corrected chi connectivity index (χ4v) is 4.67. The van der Waals surface area contributed by atoms with Crippen LogP contribution in [-0.2, 0) is 19.2 Å². The van der Waals surface area contributed by atoms with Gasteiger partial charge < -0.3 is 0 Å². The highest BCUT2D eigenvalue weighted by molar-refractivity contribution is 6.09. The first-order chi connectivity index (χ1) is 11.3. The van der Waals surface area contributed by atoms with E-state index in [0.717, 1.165) is 38.5 Å². The zero-order valence-electron chi connectivity index (χ0n) is 15.1. The Hall–Kier alpha value is -1.32. The van der Waals surface area contributed by atoms with Crippen molar-refractivity contribution < 1.29 is 19.2 Å². The first-order valence-electron chi connectivity index (χ1n) is 9.44. The predicted octanol–water partition coefficient (Wildman–Crippen LogP) is 3.98. The van der Waals surface area contributed by atoms with Crippen LogP contribution in [0.2, 0.25) is 0 Å². The van der Waals surface area contributed by atoms with Gasteiger partial charge in [0.2, 0.25) is 0 Å². The van der Waals surface area contributed by atoms with E-state index >= 15 is 0 Å². The molecule has 0 atom stereocenters. The van der Waals surface area contributed by atoms with E-state index in [1.54, 1.807) is 0 Å². The lowest BCUT2D eigenvalue weighted by Crippen LogP contribution is -2.42. The number of hydrogen-bond donors (Lipinski definition) is 0. The van der Waals surface area contributed by atoms with Gasteiger partial charge >= 0.3 is 0 Å². The Morgan fingerprint density at radius 3 is 1.12 bits per heavy atom. The Morgan fingerprint density at radius 1 is 0.583 bits per heavy atom. The van der Waals surface area contributed by atoms with E-state index in [0.29, 0.717) is 25.7 Å². The Kier molecular flexibility index (Phi) is 6.11. The van der Waals surface area contributed by atoms with Gasteiger partial charge in [-0.3, -0.25) is 19.2 Å². The average molecular weight is 334 g/mol. The number of carbonyl (C=O) groups excluding carboxylic acids is 4. The van der Waals surface area contributed by atoms with Crippen LogP contribution in [0.5, 0.6) is 0 Å². The molecule has 0 aromatic heterocycles. The first-order valence-corrected chi connectivity index (χ1v) is 9.44. The van der Waals surface area contributed by atoms with Crippen molar-refractivity contribution in [3.8, 4) is 0 Å². The number of ketones is 4. The zero-order chi connectivity index (χ0) is 17.8. The van der Waals surface area contributed by atoms with Crippen LogP contribution in [0, 0.1) is 10.8 Å². The highest BCUT2D eigenvalue weighted by Gasteiger charge is 2.46. The van der Waals surface area contributed by atoms with E-state index in [2.05, 4.69) is 0 Å². The van der Waals surface area contributed by atoms with E-state index in [4.69, 9.17) is 0 Å². The highest BCUT2D eigenvalue weighted by Crippen LogP contribution is 2.41. The standard InChI is InChI=1S/C20H30O4/c1-15(21)19(11-5-3-6-12-19)17(23)9-10-18(24)20(16(2)22)13-7-4-8-14-20/h3-14H2,1-2H3. The molecule has 0 saturated heterocycles. The smallest absolute Gasteiger partial charge is 0.146 e. The normalized spacial score (nSPS) is 22.6. The van der Waals surface area contributed by atoms with Crippen molar-refractivity contribution in [1.29, 1.82) is 0 Å². The van der Waals surface area contributed by atoms with Crippen LogP contribution in [0.15, 0.2) is 0 Å². The molecule has 2 fully saturated rings.